The average Bonchev–Trinajstić information content (AvgIpc) is 2.29. The molecular formula is C14H21NO3. The van der Waals surface area contributed by atoms with Crippen LogP contribution in [0, 0.1) is 0 Å². The molecule has 0 amide bonds. The Morgan fingerprint density at radius 2 is 2.00 bits per heavy atom. The summed E-state index contributed by atoms with van der Waals surface area (Å²) in [5, 5.41) is 0. The van der Waals surface area contributed by atoms with Crippen molar-refractivity contribution in [3.05, 3.63) is 29.6 Å². The monoisotopic (exact) mass is 251 g/mol. The van der Waals surface area contributed by atoms with Crippen molar-refractivity contribution < 1.29 is 14.3 Å². The maximum absolute atomic E-state index is 11.5. The van der Waals surface area contributed by atoms with E-state index in [0.717, 1.165) is 11.3 Å². The number of carbonyl (C=O) groups excluding carboxylic acids is 1. The van der Waals surface area contributed by atoms with Gasteiger partial charge in [0.05, 0.1) is 18.7 Å². The topological polar surface area (TPSA) is 48.4 Å². The SMILES string of the molecule is COCCOC(=O)Cc1ccc(C(C)(C)C)cn1. The molecule has 1 aromatic heterocycles. The highest BCUT2D eigenvalue weighted by Gasteiger charge is 2.14. The van der Waals surface area contributed by atoms with E-state index < -0.39 is 0 Å². The first-order chi connectivity index (χ1) is 8.43. The third-order valence-electron chi connectivity index (χ3n) is 2.57. The summed E-state index contributed by atoms with van der Waals surface area (Å²) in [4.78, 5) is 15.7. The maximum atomic E-state index is 11.5. The Kier molecular flexibility index (Phi) is 5.28. The van der Waals surface area contributed by atoms with Crippen LogP contribution in [0.2, 0.25) is 0 Å². The Balaban J connectivity index is 2.51. The minimum absolute atomic E-state index is 0.0739. The Morgan fingerprint density at radius 1 is 1.28 bits per heavy atom. The first-order valence-corrected chi connectivity index (χ1v) is 6.03. The van der Waals surface area contributed by atoms with Crippen LogP contribution >= 0.6 is 0 Å². The molecule has 4 heteroatoms. The van der Waals surface area contributed by atoms with Crippen molar-refractivity contribution in [3.8, 4) is 0 Å². The lowest BCUT2D eigenvalue weighted by Gasteiger charge is -2.18. The zero-order valence-corrected chi connectivity index (χ0v) is 11.5. The molecule has 0 aliphatic carbocycles. The van der Waals surface area contributed by atoms with Gasteiger partial charge in [-0.1, -0.05) is 26.8 Å². The standard InChI is InChI=1S/C14H21NO3/c1-14(2,3)11-5-6-12(15-10-11)9-13(16)18-8-7-17-4/h5-6,10H,7-9H2,1-4H3. The van der Waals surface area contributed by atoms with Gasteiger partial charge >= 0.3 is 5.97 Å². The van der Waals surface area contributed by atoms with Crippen molar-refractivity contribution in [2.75, 3.05) is 20.3 Å². The zero-order valence-electron chi connectivity index (χ0n) is 11.5. The number of nitrogens with zero attached hydrogens (tertiary/aromatic N) is 1. The molecule has 0 saturated carbocycles. The first-order valence-electron chi connectivity index (χ1n) is 6.03. The number of pyridine rings is 1. The second-order valence-corrected chi connectivity index (χ2v) is 5.18. The van der Waals surface area contributed by atoms with Crippen molar-refractivity contribution in [2.45, 2.75) is 32.6 Å². The van der Waals surface area contributed by atoms with Crippen LogP contribution in [-0.2, 0) is 26.1 Å². The second-order valence-electron chi connectivity index (χ2n) is 5.18. The molecule has 0 aliphatic heterocycles. The highest BCUT2D eigenvalue weighted by Crippen LogP contribution is 2.21. The third kappa shape index (κ3) is 4.84. The number of hydrogen-bond donors (Lipinski definition) is 0. The summed E-state index contributed by atoms with van der Waals surface area (Å²) in [5.41, 5.74) is 1.95. The second kappa shape index (κ2) is 6.50. The lowest BCUT2D eigenvalue weighted by Crippen LogP contribution is -2.14. The van der Waals surface area contributed by atoms with Crippen LogP contribution in [0.3, 0.4) is 0 Å². The molecule has 0 spiro atoms. The van der Waals surface area contributed by atoms with E-state index in [9.17, 15) is 4.79 Å². The van der Waals surface area contributed by atoms with Gasteiger partial charge in [0, 0.05) is 13.3 Å². The molecule has 0 aliphatic rings. The molecule has 1 aromatic rings. The summed E-state index contributed by atoms with van der Waals surface area (Å²) < 4.78 is 9.78. The number of methoxy groups -OCH3 is 1. The lowest BCUT2D eigenvalue weighted by atomic mass is 9.88. The van der Waals surface area contributed by atoms with Crippen LogP contribution in [0.25, 0.3) is 0 Å². The minimum Gasteiger partial charge on any atom is -0.463 e. The van der Waals surface area contributed by atoms with Gasteiger partial charge in [0.2, 0.25) is 0 Å². The summed E-state index contributed by atoms with van der Waals surface area (Å²) in [6.07, 6.45) is 2.02. The van der Waals surface area contributed by atoms with E-state index >= 15 is 0 Å². The van der Waals surface area contributed by atoms with Crippen LogP contribution in [0.15, 0.2) is 18.3 Å². The van der Waals surface area contributed by atoms with Crippen molar-refractivity contribution in [1.82, 2.24) is 4.98 Å². The van der Waals surface area contributed by atoms with Gasteiger partial charge in [-0.05, 0) is 17.0 Å². The highest BCUT2D eigenvalue weighted by molar-refractivity contribution is 5.71. The molecule has 100 valence electrons. The number of aromatic nitrogens is 1. The predicted molar refractivity (Wildman–Crippen MR) is 69.5 cm³/mol. The summed E-state index contributed by atoms with van der Waals surface area (Å²) in [6, 6.07) is 3.88. The lowest BCUT2D eigenvalue weighted by molar-refractivity contribution is -0.144. The summed E-state index contributed by atoms with van der Waals surface area (Å²) in [7, 11) is 1.57. The molecule has 4 nitrogen and oxygen atoms in total. The average molecular weight is 251 g/mol. The van der Waals surface area contributed by atoms with Crippen molar-refractivity contribution in [1.29, 1.82) is 0 Å². The predicted octanol–water partition coefficient (Wildman–Crippen LogP) is 2.11. The molecule has 0 aromatic carbocycles. The van der Waals surface area contributed by atoms with Crippen molar-refractivity contribution >= 4 is 5.97 Å². The van der Waals surface area contributed by atoms with E-state index in [1.807, 2.05) is 18.3 Å². The Labute approximate surface area is 108 Å². The molecule has 1 heterocycles. The number of rotatable bonds is 5. The maximum Gasteiger partial charge on any atom is 0.311 e. The Morgan fingerprint density at radius 3 is 2.50 bits per heavy atom. The largest absolute Gasteiger partial charge is 0.463 e. The summed E-state index contributed by atoms with van der Waals surface area (Å²) in [6.45, 7) is 7.09. The van der Waals surface area contributed by atoms with Gasteiger partial charge in [0.15, 0.2) is 0 Å². The molecular weight excluding hydrogens is 230 g/mol. The Hall–Kier alpha value is -1.42. The minimum atomic E-state index is -0.275. The molecule has 18 heavy (non-hydrogen) atoms. The van der Waals surface area contributed by atoms with E-state index in [-0.39, 0.29) is 24.4 Å². The van der Waals surface area contributed by atoms with Crippen LogP contribution in [0.1, 0.15) is 32.0 Å². The molecule has 0 bridgehead atoms. The Bertz CT molecular complexity index is 379. The fraction of sp³-hybridized carbons (Fsp3) is 0.571. The van der Waals surface area contributed by atoms with Crippen molar-refractivity contribution in [2.24, 2.45) is 0 Å². The normalized spacial score (nSPS) is 11.3. The molecule has 0 unspecified atom stereocenters. The smallest absolute Gasteiger partial charge is 0.311 e. The van der Waals surface area contributed by atoms with Crippen LogP contribution < -0.4 is 0 Å². The van der Waals surface area contributed by atoms with Crippen molar-refractivity contribution in [3.63, 3.8) is 0 Å². The number of esters is 1. The number of hydrogen-bond acceptors (Lipinski definition) is 4. The summed E-state index contributed by atoms with van der Waals surface area (Å²) in [5.74, 6) is -0.275. The van der Waals surface area contributed by atoms with Gasteiger partial charge < -0.3 is 9.47 Å². The molecule has 0 atom stereocenters. The van der Waals surface area contributed by atoms with Gasteiger partial charge in [-0.2, -0.15) is 0 Å². The van der Waals surface area contributed by atoms with Gasteiger partial charge in [0.1, 0.15) is 6.61 Å². The van der Waals surface area contributed by atoms with Crippen LogP contribution in [-0.4, -0.2) is 31.3 Å². The van der Waals surface area contributed by atoms with Gasteiger partial charge in [-0.25, -0.2) is 0 Å². The third-order valence-corrected chi connectivity index (χ3v) is 2.57. The molecule has 0 radical (unpaired) electrons. The van der Waals surface area contributed by atoms with E-state index in [2.05, 4.69) is 25.8 Å². The fourth-order valence-electron chi connectivity index (χ4n) is 1.41. The number of carbonyl (C=O) groups is 1. The first kappa shape index (κ1) is 14.6. The van der Waals surface area contributed by atoms with Crippen LogP contribution in [0.4, 0.5) is 0 Å². The van der Waals surface area contributed by atoms with E-state index in [1.54, 1.807) is 7.11 Å². The van der Waals surface area contributed by atoms with E-state index in [1.165, 1.54) is 0 Å². The van der Waals surface area contributed by atoms with Gasteiger partial charge in [-0.3, -0.25) is 9.78 Å². The van der Waals surface area contributed by atoms with E-state index in [4.69, 9.17) is 9.47 Å². The number of ether oxygens (including phenoxy) is 2. The molecule has 0 N–H and O–H groups in total. The fourth-order valence-corrected chi connectivity index (χ4v) is 1.41. The molecule has 0 fully saturated rings. The van der Waals surface area contributed by atoms with E-state index in [0.29, 0.717) is 6.61 Å². The zero-order chi connectivity index (χ0) is 13.6. The quantitative estimate of drug-likeness (QED) is 0.594. The van der Waals surface area contributed by atoms with Gasteiger partial charge in [-0.15, -0.1) is 0 Å². The molecule has 0 saturated heterocycles. The summed E-state index contributed by atoms with van der Waals surface area (Å²) >= 11 is 0. The highest BCUT2D eigenvalue weighted by atomic mass is 16.6. The van der Waals surface area contributed by atoms with Gasteiger partial charge in [0.25, 0.3) is 0 Å². The van der Waals surface area contributed by atoms with Crippen LogP contribution in [0.5, 0.6) is 0 Å². The molecule has 1 rings (SSSR count).